The first-order chi connectivity index (χ1) is 12.1. The Bertz CT molecular complexity index is 716. The van der Waals surface area contributed by atoms with E-state index >= 15 is 0 Å². The number of methoxy groups -OCH3 is 2. The number of rotatable bonds is 7. The number of carbonyl (C=O) groups excluding carboxylic acids is 2. The Hall–Kier alpha value is -3.22. The van der Waals surface area contributed by atoms with Gasteiger partial charge in [-0.05, 0) is 29.8 Å². The minimum Gasteiger partial charge on any atom is -0.497 e. The number of para-hydroxylation sites is 2. The van der Waals surface area contributed by atoms with E-state index in [4.69, 9.17) is 14.2 Å². The first-order valence-electron chi connectivity index (χ1n) is 7.59. The Morgan fingerprint density at radius 2 is 1.60 bits per heavy atom. The zero-order valence-electron chi connectivity index (χ0n) is 14.1. The summed E-state index contributed by atoms with van der Waals surface area (Å²) >= 11 is 0. The van der Waals surface area contributed by atoms with E-state index in [9.17, 15) is 9.59 Å². The van der Waals surface area contributed by atoms with Gasteiger partial charge in [-0.15, -0.1) is 0 Å². The van der Waals surface area contributed by atoms with E-state index in [1.807, 2.05) is 12.1 Å². The highest BCUT2D eigenvalue weighted by Gasteiger charge is 2.10. The standard InChI is InChI=1S/C18H20N2O5/c1-23-14-9-7-13(8-10-14)11-19-18(22)20-17(21)12-25-16-6-4-3-5-15(16)24-2/h3-10H,11-12H2,1-2H3,(H2,19,20,21,22). The van der Waals surface area contributed by atoms with Crippen molar-refractivity contribution in [2.24, 2.45) is 0 Å². The smallest absolute Gasteiger partial charge is 0.321 e. The summed E-state index contributed by atoms with van der Waals surface area (Å²) in [5.41, 5.74) is 0.883. The average Bonchev–Trinajstić information content (AvgIpc) is 2.65. The quantitative estimate of drug-likeness (QED) is 0.803. The fraction of sp³-hybridized carbons (Fsp3) is 0.222. The maximum atomic E-state index is 11.8. The molecule has 0 saturated heterocycles. The van der Waals surface area contributed by atoms with Crippen LogP contribution in [0.3, 0.4) is 0 Å². The molecule has 0 heterocycles. The van der Waals surface area contributed by atoms with Crippen molar-refractivity contribution in [1.29, 1.82) is 0 Å². The van der Waals surface area contributed by atoms with Crippen molar-refractivity contribution in [1.82, 2.24) is 10.6 Å². The van der Waals surface area contributed by atoms with Gasteiger partial charge in [-0.2, -0.15) is 0 Å². The van der Waals surface area contributed by atoms with Crippen molar-refractivity contribution in [3.05, 3.63) is 54.1 Å². The SMILES string of the molecule is COc1ccc(CNC(=O)NC(=O)COc2ccccc2OC)cc1. The molecule has 0 radical (unpaired) electrons. The zero-order chi connectivity index (χ0) is 18.1. The van der Waals surface area contributed by atoms with E-state index in [1.165, 1.54) is 7.11 Å². The van der Waals surface area contributed by atoms with E-state index in [0.717, 1.165) is 11.3 Å². The normalized spacial score (nSPS) is 9.84. The molecule has 2 rings (SSSR count). The summed E-state index contributed by atoms with van der Waals surface area (Å²) < 4.78 is 15.5. The molecule has 0 aliphatic heterocycles. The Labute approximate surface area is 145 Å². The summed E-state index contributed by atoms with van der Waals surface area (Å²) in [4.78, 5) is 23.5. The van der Waals surface area contributed by atoms with Crippen LogP contribution < -0.4 is 24.8 Å². The van der Waals surface area contributed by atoms with Gasteiger partial charge in [0.1, 0.15) is 5.75 Å². The van der Waals surface area contributed by atoms with Crippen molar-refractivity contribution >= 4 is 11.9 Å². The van der Waals surface area contributed by atoms with Crippen LogP contribution in [0.4, 0.5) is 4.79 Å². The second kappa shape index (κ2) is 9.17. The first-order valence-corrected chi connectivity index (χ1v) is 7.59. The number of urea groups is 1. The van der Waals surface area contributed by atoms with E-state index in [0.29, 0.717) is 11.5 Å². The van der Waals surface area contributed by atoms with Crippen molar-refractivity contribution in [2.75, 3.05) is 20.8 Å². The number of hydrogen-bond acceptors (Lipinski definition) is 5. The molecule has 0 fully saturated rings. The fourth-order valence-corrected chi connectivity index (χ4v) is 2.01. The van der Waals surface area contributed by atoms with Crippen LogP contribution in [0.25, 0.3) is 0 Å². The van der Waals surface area contributed by atoms with Gasteiger partial charge in [0.15, 0.2) is 18.1 Å². The Kier molecular flexibility index (Phi) is 6.65. The fourth-order valence-electron chi connectivity index (χ4n) is 2.01. The van der Waals surface area contributed by atoms with E-state index in [2.05, 4.69) is 10.6 Å². The third kappa shape index (κ3) is 5.72. The van der Waals surface area contributed by atoms with Crippen LogP contribution in [0, 0.1) is 0 Å². The van der Waals surface area contributed by atoms with Crippen molar-refractivity contribution in [2.45, 2.75) is 6.54 Å². The second-order valence-electron chi connectivity index (χ2n) is 5.02. The number of nitrogens with one attached hydrogen (secondary N) is 2. The third-order valence-electron chi connectivity index (χ3n) is 3.29. The van der Waals surface area contributed by atoms with Gasteiger partial charge in [0.2, 0.25) is 0 Å². The Morgan fingerprint density at radius 3 is 2.24 bits per heavy atom. The molecule has 2 aromatic carbocycles. The summed E-state index contributed by atoms with van der Waals surface area (Å²) in [6, 6.07) is 13.6. The van der Waals surface area contributed by atoms with Gasteiger partial charge in [0.05, 0.1) is 14.2 Å². The maximum absolute atomic E-state index is 11.8. The van der Waals surface area contributed by atoms with Crippen LogP contribution in [0.1, 0.15) is 5.56 Å². The van der Waals surface area contributed by atoms with Gasteiger partial charge in [-0.1, -0.05) is 24.3 Å². The molecule has 25 heavy (non-hydrogen) atoms. The molecule has 0 spiro atoms. The molecule has 0 aliphatic carbocycles. The predicted molar refractivity (Wildman–Crippen MR) is 91.9 cm³/mol. The van der Waals surface area contributed by atoms with Crippen LogP contribution in [-0.4, -0.2) is 32.8 Å². The maximum Gasteiger partial charge on any atom is 0.321 e. The minimum absolute atomic E-state index is 0.288. The highest BCUT2D eigenvalue weighted by Crippen LogP contribution is 2.25. The molecule has 0 atom stereocenters. The lowest BCUT2D eigenvalue weighted by atomic mass is 10.2. The zero-order valence-corrected chi connectivity index (χ0v) is 14.1. The van der Waals surface area contributed by atoms with Gasteiger partial charge < -0.3 is 19.5 Å². The summed E-state index contributed by atoms with van der Waals surface area (Å²) in [6.07, 6.45) is 0. The molecule has 0 aromatic heterocycles. The minimum atomic E-state index is -0.593. The summed E-state index contributed by atoms with van der Waals surface area (Å²) in [6.45, 7) is -0.00714. The highest BCUT2D eigenvalue weighted by atomic mass is 16.5. The molecule has 0 unspecified atom stereocenters. The van der Waals surface area contributed by atoms with Crippen LogP contribution in [0.2, 0.25) is 0 Å². The van der Waals surface area contributed by atoms with Crippen molar-refractivity contribution in [3.8, 4) is 17.2 Å². The van der Waals surface area contributed by atoms with Crippen LogP contribution in [0.5, 0.6) is 17.2 Å². The third-order valence-corrected chi connectivity index (χ3v) is 3.29. The van der Waals surface area contributed by atoms with Crippen LogP contribution >= 0.6 is 0 Å². The number of imide groups is 1. The van der Waals surface area contributed by atoms with Gasteiger partial charge in [0.25, 0.3) is 5.91 Å². The van der Waals surface area contributed by atoms with E-state index in [-0.39, 0.29) is 13.2 Å². The molecule has 0 saturated carbocycles. The molecule has 3 amide bonds. The molecule has 132 valence electrons. The van der Waals surface area contributed by atoms with Crippen LogP contribution in [-0.2, 0) is 11.3 Å². The molecule has 7 nitrogen and oxygen atoms in total. The van der Waals surface area contributed by atoms with Crippen molar-refractivity contribution < 1.29 is 23.8 Å². The molecular formula is C18H20N2O5. The molecular weight excluding hydrogens is 324 g/mol. The van der Waals surface area contributed by atoms with Crippen molar-refractivity contribution in [3.63, 3.8) is 0 Å². The van der Waals surface area contributed by atoms with E-state index in [1.54, 1.807) is 43.5 Å². The topological polar surface area (TPSA) is 85.9 Å². The monoisotopic (exact) mass is 344 g/mol. The molecule has 0 bridgehead atoms. The Balaban J connectivity index is 1.75. The lowest BCUT2D eigenvalue weighted by molar-refractivity contribution is -0.122. The second-order valence-corrected chi connectivity index (χ2v) is 5.02. The first kappa shape index (κ1) is 18.1. The Morgan fingerprint density at radius 1 is 0.920 bits per heavy atom. The van der Waals surface area contributed by atoms with Gasteiger partial charge in [-0.3, -0.25) is 10.1 Å². The molecule has 7 heteroatoms. The largest absolute Gasteiger partial charge is 0.497 e. The van der Waals surface area contributed by atoms with Gasteiger partial charge in [-0.25, -0.2) is 4.79 Å². The lowest BCUT2D eigenvalue weighted by Gasteiger charge is -2.10. The lowest BCUT2D eigenvalue weighted by Crippen LogP contribution is -2.41. The number of carbonyl (C=O) groups is 2. The molecule has 0 aliphatic rings. The predicted octanol–water partition coefficient (Wildman–Crippen LogP) is 2.11. The van der Waals surface area contributed by atoms with Gasteiger partial charge in [0, 0.05) is 6.54 Å². The van der Waals surface area contributed by atoms with Gasteiger partial charge >= 0.3 is 6.03 Å². The summed E-state index contributed by atoms with van der Waals surface area (Å²) in [5, 5.41) is 4.80. The number of hydrogen-bond donors (Lipinski definition) is 2. The highest BCUT2D eigenvalue weighted by molar-refractivity contribution is 5.95. The number of amides is 3. The average molecular weight is 344 g/mol. The number of benzene rings is 2. The summed E-state index contributed by atoms with van der Waals surface area (Å²) in [5.74, 6) is 1.12. The summed E-state index contributed by atoms with van der Waals surface area (Å²) in [7, 11) is 3.09. The van der Waals surface area contributed by atoms with E-state index < -0.39 is 11.9 Å². The number of ether oxygens (including phenoxy) is 3. The molecule has 2 aromatic rings. The van der Waals surface area contributed by atoms with Crippen LogP contribution in [0.15, 0.2) is 48.5 Å². The molecule has 2 N–H and O–H groups in total.